The number of methoxy groups -OCH3 is 1. The molecular weight excluding hydrogens is 334 g/mol. The topological polar surface area (TPSA) is 59.3 Å². The Morgan fingerprint density at radius 2 is 2.05 bits per heavy atom. The van der Waals surface area contributed by atoms with Crippen molar-refractivity contribution in [2.24, 2.45) is 7.05 Å². The van der Waals surface area contributed by atoms with Gasteiger partial charge in [-0.3, -0.25) is 4.68 Å². The average molecular weight is 354 g/mol. The van der Waals surface area contributed by atoms with Crippen molar-refractivity contribution in [2.75, 3.05) is 7.11 Å². The highest BCUT2D eigenvalue weighted by molar-refractivity contribution is 9.10. The Morgan fingerprint density at radius 3 is 2.62 bits per heavy atom. The first-order valence-corrected chi connectivity index (χ1v) is 7.48. The van der Waals surface area contributed by atoms with E-state index in [1.807, 2.05) is 30.8 Å². The van der Waals surface area contributed by atoms with Crippen LogP contribution in [-0.2, 0) is 20.1 Å². The minimum absolute atomic E-state index is 0.125. The molecule has 1 heterocycles. The molecule has 1 aromatic carbocycles. The van der Waals surface area contributed by atoms with E-state index in [0.717, 1.165) is 17.8 Å². The normalized spacial score (nSPS) is 10.9. The minimum Gasteiger partial charge on any atom is -0.503 e. The van der Waals surface area contributed by atoms with Crippen molar-refractivity contribution in [3.8, 4) is 11.5 Å². The van der Waals surface area contributed by atoms with Crippen LogP contribution in [0.25, 0.3) is 0 Å². The van der Waals surface area contributed by atoms with Crippen LogP contribution < -0.4 is 10.1 Å². The lowest BCUT2D eigenvalue weighted by molar-refractivity contribution is 0.371. The molecular formula is C15H20BrN3O2. The molecule has 21 heavy (non-hydrogen) atoms. The maximum absolute atomic E-state index is 9.80. The lowest BCUT2D eigenvalue weighted by Crippen LogP contribution is -2.14. The van der Waals surface area contributed by atoms with Crippen LogP contribution in [0.4, 0.5) is 0 Å². The first-order valence-electron chi connectivity index (χ1n) is 6.69. The van der Waals surface area contributed by atoms with E-state index in [0.29, 0.717) is 16.8 Å². The maximum atomic E-state index is 9.80. The molecule has 2 aromatic rings. The van der Waals surface area contributed by atoms with Gasteiger partial charge in [0, 0.05) is 31.4 Å². The molecule has 1 aromatic heterocycles. The van der Waals surface area contributed by atoms with Gasteiger partial charge in [0.2, 0.25) is 0 Å². The van der Waals surface area contributed by atoms with E-state index in [1.54, 1.807) is 7.11 Å². The molecule has 114 valence electrons. The summed E-state index contributed by atoms with van der Waals surface area (Å²) in [6, 6.07) is 3.71. The van der Waals surface area contributed by atoms with Crippen LogP contribution in [0.5, 0.6) is 11.5 Å². The zero-order valence-corrected chi connectivity index (χ0v) is 14.3. The van der Waals surface area contributed by atoms with Crippen molar-refractivity contribution < 1.29 is 9.84 Å². The quantitative estimate of drug-likeness (QED) is 0.867. The van der Waals surface area contributed by atoms with Crippen LogP contribution in [0, 0.1) is 13.8 Å². The summed E-state index contributed by atoms with van der Waals surface area (Å²) in [5.41, 5.74) is 4.48. The van der Waals surface area contributed by atoms with Crippen molar-refractivity contribution in [3.63, 3.8) is 0 Å². The Morgan fingerprint density at radius 1 is 1.33 bits per heavy atom. The van der Waals surface area contributed by atoms with Crippen molar-refractivity contribution in [1.82, 2.24) is 15.1 Å². The molecule has 0 spiro atoms. The van der Waals surface area contributed by atoms with Gasteiger partial charge in [-0.2, -0.15) is 5.10 Å². The second-order valence-corrected chi connectivity index (χ2v) is 5.86. The van der Waals surface area contributed by atoms with Crippen LogP contribution in [0.1, 0.15) is 22.5 Å². The first kappa shape index (κ1) is 15.9. The molecule has 5 nitrogen and oxygen atoms in total. The number of halogens is 1. The number of benzene rings is 1. The monoisotopic (exact) mass is 353 g/mol. The van der Waals surface area contributed by atoms with Crippen LogP contribution in [0.2, 0.25) is 0 Å². The number of nitrogens with one attached hydrogen (secondary N) is 1. The third kappa shape index (κ3) is 3.39. The molecule has 2 N–H and O–H groups in total. The van der Waals surface area contributed by atoms with Crippen LogP contribution in [0.3, 0.4) is 0 Å². The van der Waals surface area contributed by atoms with Crippen molar-refractivity contribution >= 4 is 15.9 Å². The molecule has 0 aliphatic carbocycles. The highest BCUT2D eigenvalue weighted by Crippen LogP contribution is 2.35. The summed E-state index contributed by atoms with van der Waals surface area (Å²) in [5.74, 6) is 0.593. The minimum atomic E-state index is 0.125. The fraction of sp³-hybridized carbons (Fsp3) is 0.400. The molecule has 0 radical (unpaired) electrons. The number of rotatable bonds is 5. The van der Waals surface area contributed by atoms with E-state index in [1.165, 1.54) is 11.3 Å². The summed E-state index contributed by atoms with van der Waals surface area (Å²) in [6.07, 6.45) is 0. The first-order chi connectivity index (χ1) is 9.93. The van der Waals surface area contributed by atoms with Gasteiger partial charge in [-0.15, -0.1) is 0 Å². The fourth-order valence-corrected chi connectivity index (χ4v) is 2.78. The number of phenols is 1. The van der Waals surface area contributed by atoms with E-state index in [9.17, 15) is 5.11 Å². The Bertz CT molecular complexity index is 653. The molecule has 0 aliphatic rings. The van der Waals surface area contributed by atoms with E-state index in [4.69, 9.17) is 4.74 Å². The highest BCUT2D eigenvalue weighted by Gasteiger charge is 2.10. The second-order valence-electron chi connectivity index (χ2n) is 5.01. The smallest absolute Gasteiger partial charge is 0.172 e. The van der Waals surface area contributed by atoms with E-state index >= 15 is 0 Å². The Kier molecular flexibility index (Phi) is 4.90. The zero-order valence-electron chi connectivity index (χ0n) is 12.7. The van der Waals surface area contributed by atoms with Gasteiger partial charge in [0.25, 0.3) is 0 Å². The molecule has 0 bridgehead atoms. The van der Waals surface area contributed by atoms with Crippen LogP contribution in [0.15, 0.2) is 16.6 Å². The number of ether oxygens (including phenoxy) is 1. The number of phenolic OH excluding ortho intramolecular Hbond substituents is 1. The number of hydrogen-bond acceptors (Lipinski definition) is 4. The summed E-state index contributed by atoms with van der Waals surface area (Å²) in [7, 11) is 3.49. The largest absolute Gasteiger partial charge is 0.503 e. The van der Waals surface area contributed by atoms with E-state index in [2.05, 4.69) is 33.3 Å². The molecule has 6 heteroatoms. The summed E-state index contributed by atoms with van der Waals surface area (Å²) in [5, 5.41) is 17.6. The number of nitrogens with zero attached hydrogens (tertiary/aromatic N) is 2. The van der Waals surface area contributed by atoms with Gasteiger partial charge < -0.3 is 15.2 Å². The summed E-state index contributed by atoms with van der Waals surface area (Å²) in [6.45, 7) is 5.52. The van der Waals surface area contributed by atoms with Gasteiger partial charge in [0.1, 0.15) is 0 Å². The Balaban J connectivity index is 2.05. The van der Waals surface area contributed by atoms with Crippen LogP contribution in [-0.4, -0.2) is 22.0 Å². The molecule has 0 fully saturated rings. The summed E-state index contributed by atoms with van der Waals surface area (Å²) in [4.78, 5) is 0. The van der Waals surface area contributed by atoms with Crippen molar-refractivity contribution in [3.05, 3.63) is 39.1 Å². The standard InChI is InChI=1S/C15H20BrN3O2/c1-9-12(10(2)19(3)18-9)8-17-7-11-5-13(16)15(20)14(6-11)21-4/h5-6,17,20H,7-8H2,1-4H3. The molecule has 0 unspecified atom stereocenters. The lowest BCUT2D eigenvalue weighted by Gasteiger charge is -2.10. The summed E-state index contributed by atoms with van der Waals surface area (Å²) >= 11 is 3.33. The third-order valence-corrected chi connectivity index (χ3v) is 4.20. The van der Waals surface area contributed by atoms with Gasteiger partial charge in [-0.05, 0) is 47.5 Å². The number of aromatic hydroxyl groups is 1. The van der Waals surface area contributed by atoms with Crippen molar-refractivity contribution in [2.45, 2.75) is 26.9 Å². The number of hydrogen-bond donors (Lipinski definition) is 2. The highest BCUT2D eigenvalue weighted by atomic mass is 79.9. The molecule has 0 amide bonds. The maximum Gasteiger partial charge on any atom is 0.172 e. The predicted molar refractivity (Wildman–Crippen MR) is 85.6 cm³/mol. The molecule has 2 rings (SSSR count). The zero-order chi connectivity index (χ0) is 15.6. The second kappa shape index (κ2) is 6.49. The van der Waals surface area contributed by atoms with E-state index in [-0.39, 0.29) is 5.75 Å². The van der Waals surface area contributed by atoms with E-state index < -0.39 is 0 Å². The van der Waals surface area contributed by atoms with Crippen molar-refractivity contribution in [1.29, 1.82) is 0 Å². The third-order valence-electron chi connectivity index (χ3n) is 3.60. The van der Waals surface area contributed by atoms with Crippen LogP contribution >= 0.6 is 15.9 Å². The van der Waals surface area contributed by atoms with Gasteiger partial charge in [-0.1, -0.05) is 0 Å². The van der Waals surface area contributed by atoms with Gasteiger partial charge in [0.05, 0.1) is 17.3 Å². The Hall–Kier alpha value is -1.53. The SMILES string of the molecule is COc1cc(CNCc2c(C)nn(C)c2C)cc(Br)c1O. The molecule has 0 atom stereocenters. The number of aromatic nitrogens is 2. The fourth-order valence-electron chi connectivity index (χ4n) is 2.29. The lowest BCUT2D eigenvalue weighted by atomic mass is 10.1. The van der Waals surface area contributed by atoms with Gasteiger partial charge >= 0.3 is 0 Å². The van der Waals surface area contributed by atoms with Gasteiger partial charge in [-0.25, -0.2) is 0 Å². The summed E-state index contributed by atoms with van der Waals surface area (Å²) < 4.78 is 7.68. The Labute approximate surface area is 133 Å². The predicted octanol–water partition coefficient (Wildman–Crippen LogP) is 2.80. The molecule has 0 saturated carbocycles. The van der Waals surface area contributed by atoms with Gasteiger partial charge in [0.15, 0.2) is 11.5 Å². The molecule has 0 aliphatic heterocycles. The average Bonchev–Trinajstić information content (AvgIpc) is 2.68. The molecule has 0 saturated heterocycles. The number of aryl methyl sites for hydroxylation is 2.